The van der Waals surface area contributed by atoms with Crippen LogP contribution in [0, 0.1) is 5.82 Å². The van der Waals surface area contributed by atoms with Gasteiger partial charge in [0, 0.05) is 12.6 Å². The zero-order valence-corrected chi connectivity index (χ0v) is 10.2. The summed E-state index contributed by atoms with van der Waals surface area (Å²) >= 11 is 0. The Balaban J connectivity index is 2.87. The molecular weight excluding hydrogens is 264 g/mol. The molecule has 3 N–H and O–H groups in total. The van der Waals surface area contributed by atoms with Crippen molar-refractivity contribution in [1.82, 2.24) is 5.32 Å². The first kappa shape index (κ1) is 15.4. The first-order valence-corrected chi connectivity index (χ1v) is 5.63. The van der Waals surface area contributed by atoms with E-state index in [9.17, 15) is 22.4 Å². The van der Waals surface area contributed by atoms with E-state index in [0.717, 1.165) is 12.1 Å². The second-order valence-corrected chi connectivity index (χ2v) is 4.19. The largest absolute Gasteiger partial charge is 0.419 e. The van der Waals surface area contributed by atoms with Crippen molar-refractivity contribution in [1.29, 1.82) is 0 Å². The molecule has 0 aliphatic rings. The van der Waals surface area contributed by atoms with Crippen molar-refractivity contribution in [3.8, 4) is 0 Å². The van der Waals surface area contributed by atoms with E-state index < -0.39 is 29.0 Å². The third-order valence-corrected chi connectivity index (χ3v) is 2.43. The fraction of sp³-hybridized carbons (Fsp3) is 0.417. The van der Waals surface area contributed by atoms with Crippen LogP contribution in [-0.2, 0) is 6.18 Å². The Morgan fingerprint density at radius 2 is 2.05 bits per heavy atom. The van der Waals surface area contributed by atoms with Gasteiger partial charge in [-0.1, -0.05) is 6.07 Å². The van der Waals surface area contributed by atoms with Crippen molar-refractivity contribution in [3.05, 3.63) is 35.1 Å². The average Bonchev–Trinajstić information content (AvgIpc) is 2.26. The average molecular weight is 278 g/mol. The number of rotatable bonds is 4. The maximum absolute atomic E-state index is 13.6. The lowest BCUT2D eigenvalue weighted by Gasteiger charge is -2.11. The molecule has 0 aliphatic heterocycles. The van der Waals surface area contributed by atoms with Crippen LogP contribution in [0.3, 0.4) is 0 Å². The number of alkyl halides is 3. The minimum Gasteiger partial charge on any atom is -0.352 e. The molecule has 1 atom stereocenters. The lowest BCUT2D eigenvalue weighted by atomic mass is 10.1. The highest BCUT2D eigenvalue weighted by atomic mass is 19.4. The molecule has 3 nitrogen and oxygen atoms in total. The van der Waals surface area contributed by atoms with Gasteiger partial charge in [-0.2, -0.15) is 13.2 Å². The molecule has 1 amide bonds. The smallest absolute Gasteiger partial charge is 0.352 e. The summed E-state index contributed by atoms with van der Waals surface area (Å²) < 4.78 is 51.0. The summed E-state index contributed by atoms with van der Waals surface area (Å²) in [6.07, 6.45) is -4.38. The van der Waals surface area contributed by atoms with Gasteiger partial charge in [-0.25, -0.2) is 4.39 Å². The molecule has 0 heterocycles. The Bertz CT molecular complexity index is 458. The Labute approximate surface area is 107 Å². The molecular formula is C12H14F4N2O. The first-order chi connectivity index (χ1) is 8.73. The number of nitrogens with two attached hydrogens (primary N) is 1. The number of nitrogens with one attached hydrogen (secondary N) is 1. The Morgan fingerprint density at radius 3 is 2.58 bits per heavy atom. The highest BCUT2D eigenvalue weighted by Crippen LogP contribution is 2.32. The zero-order valence-electron chi connectivity index (χ0n) is 10.2. The van der Waals surface area contributed by atoms with Gasteiger partial charge in [-0.05, 0) is 25.5 Å². The predicted molar refractivity (Wildman–Crippen MR) is 62.0 cm³/mol. The van der Waals surface area contributed by atoms with Crippen molar-refractivity contribution in [2.45, 2.75) is 25.6 Å². The molecule has 0 radical (unpaired) electrons. The van der Waals surface area contributed by atoms with Gasteiger partial charge in [-0.3, -0.25) is 4.79 Å². The summed E-state index contributed by atoms with van der Waals surface area (Å²) in [5.74, 6) is -2.45. The Kier molecular flexibility index (Phi) is 4.88. The normalized spacial score (nSPS) is 13.2. The standard InChI is InChI=1S/C12H14F4N2O/c1-7(17)5-6-18-11(19)8-3-2-4-9(10(8)13)12(14,15)16/h2-4,7H,5-6,17H2,1H3,(H,18,19). The molecule has 1 aromatic rings. The lowest BCUT2D eigenvalue weighted by Crippen LogP contribution is -2.30. The maximum atomic E-state index is 13.6. The second-order valence-electron chi connectivity index (χ2n) is 4.19. The van der Waals surface area contributed by atoms with Crippen molar-refractivity contribution in [3.63, 3.8) is 0 Å². The minimum absolute atomic E-state index is 0.161. The topological polar surface area (TPSA) is 55.1 Å². The van der Waals surface area contributed by atoms with Gasteiger partial charge >= 0.3 is 6.18 Å². The van der Waals surface area contributed by atoms with Crippen LogP contribution in [-0.4, -0.2) is 18.5 Å². The molecule has 0 saturated carbocycles. The van der Waals surface area contributed by atoms with Crippen LogP contribution in [0.15, 0.2) is 18.2 Å². The van der Waals surface area contributed by atoms with E-state index in [-0.39, 0.29) is 12.6 Å². The van der Waals surface area contributed by atoms with Gasteiger partial charge < -0.3 is 11.1 Å². The van der Waals surface area contributed by atoms with Crippen LogP contribution in [0.1, 0.15) is 29.3 Å². The van der Waals surface area contributed by atoms with E-state index in [4.69, 9.17) is 5.73 Å². The van der Waals surface area contributed by atoms with Crippen molar-refractivity contribution in [2.75, 3.05) is 6.54 Å². The van der Waals surface area contributed by atoms with Crippen molar-refractivity contribution in [2.24, 2.45) is 5.73 Å². The van der Waals surface area contributed by atoms with Crippen molar-refractivity contribution < 1.29 is 22.4 Å². The minimum atomic E-state index is -4.83. The van der Waals surface area contributed by atoms with Crippen LogP contribution in [0.4, 0.5) is 17.6 Å². The number of hydrogen-bond donors (Lipinski definition) is 2. The summed E-state index contributed by atoms with van der Waals surface area (Å²) in [6, 6.07) is 2.43. The van der Waals surface area contributed by atoms with Gasteiger partial charge in [0.15, 0.2) is 0 Å². The maximum Gasteiger partial charge on any atom is 0.419 e. The number of halogens is 4. The Hall–Kier alpha value is -1.63. The quantitative estimate of drug-likeness (QED) is 0.830. The molecule has 106 valence electrons. The molecule has 0 saturated heterocycles. The monoisotopic (exact) mass is 278 g/mol. The summed E-state index contributed by atoms with van der Waals surface area (Å²) in [4.78, 5) is 11.6. The fourth-order valence-corrected chi connectivity index (χ4v) is 1.43. The molecule has 1 rings (SSSR count). The van der Waals surface area contributed by atoms with Crippen LogP contribution in [0.2, 0.25) is 0 Å². The molecule has 1 unspecified atom stereocenters. The van der Waals surface area contributed by atoms with E-state index in [0.29, 0.717) is 12.5 Å². The van der Waals surface area contributed by atoms with E-state index in [2.05, 4.69) is 5.32 Å². The van der Waals surface area contributed by atoms with Crippen LogP contribution in [0.5, 0.6) is 0 Å². The molecule has 0 aliphatic carbocycles. The summed E-state index contributed by atoms with van der Waals surface area (Å²) in [7, 11) is 0. The van der Waals surface area contributed by atoms with Gasteiger partial charge in [0.1, 0.15) is 5.82 Å². The van der Waals surface area contributed by atoms with E-state index in [1.54, 1.807) is 6.92 Å². The van der Waals surface area contributed by atoms with Crippen molar-refractivity contribution >= 4 is 5.91 Å². The summed E-state index contributed by atoms with van der Waals surface area (Å²) in [6.45, 7) is 1.89. The molecule has 0 aromatic heterocycles. The first-order valence-electron chi connectivity index (χ1n) is 5.63. The number of benzene rings is 1. The summed E-state index contributed by atoms with van der Waals surface area (Å²) in [5.41, 5.74) is 3.38. The molecule has 0 bridgehead atoms. The highest BCUT2D eigenvalue weighted by molar-refractivity contribution is 5.94. The van der Waals surface area contributed by atoms with E-state index >= 15 is 0 Å². The highest BCUT2D eigenvalue weighted by Gasteiger charge is 2.35. The number of hydrogen-bond acceptors (Lipinski definition) is 2. The third-order valence-electron chi connectivity index (χ3n) is 2.43. The Morgan fingerprint density at radius 1 is 1.42 bits per heavy atom. The van der Waals surface area contributed by atoms with E-state index in [1.165, 1.54) is 0 Å². The van der Waals surface area contributed by atoms with Gasteiger partial charge in [0.05, 0.1) is 11.1 Å². The molecule has 19 heavy (non-hydrogen) atoms. The lowest BCUT2D eigenvalue weighted by molar-refractivity contribution is -0.140. The summed E-state index contributed by atoms with van der Waals surface area (Å²) in [5, 5.41) is 2.32. The molecule has 0 fully saturated rings. The van der Waals surface area contributed by atoms with Crippen LogP contribution < -0.4 is 11.1 Å². The fourth-order valence-electron chi connectivity index (χ4n) is 1.43. The van der Waals surface area contributed by atoms with Crippen LogP contribution in [0.25, 0.3) is 0 Å². The molecule has 1 aromatic carbocycles. The second kappa shape index (κ2) is 6.01. The van der Waals surface area contributed by atoms with Gasteiger partial charge in [0.2, 0.25) is 0 Å². The SMILES string of the molecule is CC(N)CCNC(=O)c1cccc(C(F)(F)F)c1F. The van der Waals surface area contributed by atoms with Gasteiger partial charge in [-0.15, -0.1) is 0 Å². The number of carbonyl (C=O) groups excluding carboxylic acids is 1. The molecule has 0 spiro atoms. The predicted octanol–water partition coefficient (Wildman–Crippen LogP) is 2.31. The van der Waals surface area contributed by atoms with Gasteiger partial charge in [0.25, 0.3) is 5.91 Å². The third kappa shape index (κ3) is 4.20. The molecule has 7 heteroatoms. The number of amides is 1. The van der Waals surface area contributed by atoms with E-state index in [1.807, 2.05) is 0 Å². The van der Waals surface area contributed by atoms with Crippen LogP contribution >= 0.6 is 0 Å². The zero-order chi connectivity index (χ0) is 14.6. The number of carbonyl (C=O) groups is 1.